The minimum Gasteiger partial charge on any atom is -0.338 e. The van der Waals surface area contributed by atoms with Crippen molar-refractivity contribution < 1.29 is 22.8 Å². The fourth-order valence-electron chi connectivity index (χ4n) is 1.84. The zero-order chi connectivity index (χ0) is 18.4. The second kappa shape index (κ2) is 7.73. The Balaban J connectivity index is 2.03. The molecule has 0 aliphatic rings. The van der Waals surface area contributed by atoms with Crippen molar-refractivity contribution in [3.63, 3.8) is 0 Å². The summed E-state index contributed by atoms with van der Waals surface area (Å²) in [5.74, 6) is -0.740. The molecule has 0 fully saturated rings. The Kier molecular flexibility index (Phi) is 5.67. The fourth-order valence-corrected chi connectivity index (χ4v) is 1.84. The number of rotatable bonds is 5. The summed E-state index contributed by atoms with van der Waals surface area (Å²) in [5.41, 5.74) is -0.728. The summed E-state index contributed by atoms with van der Waals surface area (Å²) in [5, 5.41) is 15.6. The molecule has 25 heavy (non-hydrogen) atoms. The van der Waals surface area contributed by atoms with E-state index in [0.717, 1.165) is 16.9 Å². The average Bonchev–Trinajstić information content (AvgIpc) is 3.00. The molecule has 2 N–H and O–H groups in total. The molecule has 3 amide bonds. The number of hydrogen-bond acceptors (Lipinski definition) is 5. The number of benzene rings is 1. The van der Waals surface area contributed by atoms with E-state index in [1.54, 1.807) is 0 Å². The van der Waals surface area contributed by atoms with Gasteiger partial charge < -0.3 is 5.32 Å². The van der Waals surface area contributed by atoms with Gasteiger partial charge in [-0.3, -0.25) is 10.1 Å². The van der Waals surface area contributed by atoms with Crippen molar-refractivity contribution in [3.8, 4) is 11.4 Å². The van der Waals surface area contributed by atoms with Crippen LogP contribution in [0.2, 0.25) is 0 Å². The van der Waals surface area contributed by atoms with E-state index in [4.69, 9.17) is 0 Å². The van der Waals surface area contributed by atoms with Crippen molar-refractivity contribution in [2.24, 2.45) is 0 Å². The molecule has 0 aliphatic carbocycles. The first-order valence-corrected chi connectivity index (χ1v) is 7.32. The maximum absolute atomic E-state index is 12.7. The minimum atomic E-state index is -4.49. The van der Waals surface area contributed by atoms with Crippen molar-refractivity contribution >= 4 is 11.9 Å². The number of imide groups is 1. The summed E-state index contributed by atoms with van der Waals surface area (Å²) >= 11 is 0. The first kappa shape index (κ1) is 18.4. The zero-order valence-corrected chi connectivity index (χ0v) is 13.2. The number of nitrogens with one attached hydrogen (secondary N) is 2. The van der Waals surface area contributed by atoms with E-state index in [2.05, 4.69) is 26.0 Å². The number of tetrazole rings is 1. The topological polar surface area (TPSA) is 102 Å². The Bertz CT molecular complexity index is 759. The van der Waals surface area contributed by atoms with Gasteiger partial charge in [0.05, 0.1) is 5.56 Å². The molecule has 1 aromatic heterocycles. The number of halogens is 3. The monoisotopic (exact) mass is 356 g/mol. The third-order valence-corrected chi connectivity index (χ3v) is 2.97. The van der Waals surface area contributed by atoms with Crippen LogP contribution >= 0.6 is 0 Å². The van der Waals surface area contributed by atoms with Crippen LogP contribution in [0.1, 0.15) is 18.9 Å². The molecule has 2 aromatic rings. The number of carbonyl (C=O) groups is 2. The summed E-state index contributed by atoms with van der Waals surface area (Å²) in [6.07, 6.45) is -3.77. The molecule has 1 heterocycles. The van der Waals surface area contributed by atoms with Gasteiger partial charge in [0.15, 0.2) is 0 Å². The Morgan fingerprint density at radius 3 is 2.72 bits per heavy atom. The summed E-state index contributed by atoms with van der Waals surface area (Å²) in [4.78, 5) is 23.9. The molecule has 2 rings (SSSR count). The number of nitrogens with zero attached hydrogens (tertiary/aromatic N) is 4. The normalized spacial score (nSPS) is 11.2. The lowest BCUT2D eigenvalue weighted by Crippen LogP contribution is -2.41. The van der Waals surface area contributed by atoms with Gasteiger partial charge in [-0.2, -0.15) is 18.0 Å². The van der Waals surface area contributed by atoms with Gasteiger partial charge in [-0.15, -0.1) is 10.2 Å². The SMILES string of the molecule is CCCNC(=O)NC(=O)Cn1nnc(-c2cccc(C(F)(F)F)c2)n1. The Morgan fingerprint density at radius 2 is 2.04 bits per heavy atom. The summed E-state index contributed by atoms with van der Waals surface area (Å²) in [7, 11) is 0. The van der Waals surface area contributed by atoms with Crippen LogP contribution in [0.25, 0.3) is 11.4 Å². The highest BCUT2D eigenvalue weighted by molar-refractivity contribution is 5.94. The molecule has 0 aliphatic heterocycles. The lowest BCUT2D eigenvalue weighted by Gasteiger charge is -2.06. The van der Waals surface area contributed by atoms with Crippen LogP contribution in [-0.2, 0) is 17.5 Å². The van der Waals surface area contributed by atoms with E-state index >= 15 is 0 Å². The summed E-state index contributed by atoms with van der Waals surface area (Å²) in [6.45, 7) is 1.88. The molecule has 11 heteroatoms. The predicted octanol–water partition coefficient (Wildman–Crippen LogP) is 1.59. The summed E-state index contributed by atoms with van der Waals surface area (Å²) < 4.78 is 38.2. The van der Waals surface area contributed by atoms with Crippen LogP contribution in [0, 0.1) is 0 Å². The molecule has 0 saturated heterocycles. The molecule has 1 aromatic carbocycles. The second-order valence-corrected chi connectivity index (χ2v) is 5.03. The first-order valence-electron chi connectivity index (χ1n) is 7.32. The van der Waals surface area contributed by atoms with Crippen molar-refractivity contribution in [1.82, 2.24) is 30.8 Å². The standard InChI is InChI=1S/C14H15F3N6O2/c1-2-6-18-13(25)19-11(24)8-23-21-12(20-22-23)9-4-3-5-10(7-9)14(15,16)17/h3-5,7H,2,6,8H2,1H3,(H2,18,19,24,25). The fraction of sp³-hybridized carbons (Fsp3) is 0.357. The molecule has 0 radical (unpaired) electrons. The Labute approximate surface area is 140 Å². The number of aromatic nitrogens is 4. The van der Waals surface area contributed by atoms with Crippen LogP contribution in [0.15, 0.2) is 24.3 Å². The van der Waals surface area contributed by atoms with Crippen LogP contribution in [0.5, 0.6) is 0 Å². The minimum absolute atomic E-state index is 0.0608. The van der Waals surface area contributed by atoms with Gasteiger partial charge in [-0.05, 0) is 23.8 Å². The maximum Gasteiger partial charge on any atom is 0.416 e. The van der Waals surface area contributed by atoms with Crippen LogP contribution < -0.4 is 10.6 Å². The lowest BCUT2D eigenvalue weighted by molar-refractivity contribution is -0.137. The smallest absolute Gasteiger partial charge is 0.338 e. The molecule has 134 valence electrons. The van der Waals surface area contributed by atoms with E-state index in [0.29, 0.717) is 13.0 Å². The van der Waals surface area contributed by atoms with Crippen LogP contribution in [0.4, 0.5) is 18.0 Å². The van der Waals surface area contributed by atoms with Gasteiger partial charge >= 0.3 is 12.2 Å². The molecular formula is C14H15F3N6O2. The summed E-state index contributed by atoms with van der Waals surface area (Å²) in [6, 6.07) is 3.79. The first-order chi connectivity index (χ1) is 11.8. The number of alkyl halides is 3. The highest BCUT2D eigenvalue weighted by Gasteiger charge is 2.30. The van der Waals surface area contributed by atoms with Crippen molar-refractivity contribution in [2.45, 2.75) is 26.1 Å². The molecule has 0 bridgehead atoms. The van der Waals surface area contributed by atoms with Gasteiger partial charge in [0, 0.05) is 12.1 Å². The number of hydrogen-bond donors (Lipinski definition) is 2. The van der Waals surface area contributed by atoms with Crippen LogP contribution in [-0.4, -0.2) is 38.7 Å². The highest BCUT2D eigenvalue weighted by Crippen LogP contribution is 2.31. The van der Waals surface area contributed by atoms with E-state index in [1.165, 1.54) is 12.1 Å². The zero-order valence-electron chi connectivity index (χ0n) is 13.2. The molecule has 0 spiro atoms. The Hall–Kier alpha value is -2.98. The quantitative estimate of drug-likeness (QED) is 0.847. The number of urea groups is 1. The average molecular weight is 356 g/mol. The largest absolute Gasteiger partial charge is 0.416 e. The molecule has 0 atom stereocenters. The second-order valence-electron chi connectivity index (χ2n) is 5.03. The van der Waals surface area contributed by atoms with E-state index in [-0.39, 0.29) is 11.4 Å². The van der Waals surface area contributed by atoms with Gasteiger partial charge in [0.2, 0.25) is 5.82 Å². The third-order valence-electron chi connectivity index (χ3n) is 2.97. The van der Waals surface area contributed by atoms with E-state index < -0.39 is 30.2 Å². The lowest BCUT2D eigenvalue weighted by atomic mass is 10.1. The molecule has 8 nitrogen and oxygen atoms in total. The van der Waals surface area contributed by atoms with Crippen molar-refractivity contribution in [3.05, 3.63) is 29.8 Å². The maximum atomic E-state index is 12.7. The number of amides is 3. The van der Waals surface area contributed by atoms with Crippen LogP contribution in [0.3, 0.4) is 0 Å². The van der Waals surface area contributed by atoms with Gasteiger partial charge in [0.1, 0.15) is 6.54 Å². The van der Waals surface area contributed by atoms with E-state index in [9.17, 15) is 22.8 Å². The third kappa shape index (κ3) is 5.26. The molecule has 0 saturated carbocycles. The van der Waals surface area contributed by atoms with Gasteiger partial charge in [-0.1, -0.05) is 19.1 Å². The van der Waals surface area contributed by atoms with Gasteiger partial charge in [-0.25, -0.2) is 4.79 Å². The number of carbonyl (C=O) groups excluding carboxylic acids is 2. The molecule has 0 unspecified atom stereocenters. The highest BCUT2D eigenvalue weighted by atomic mass is 19.4. The van der Waals surface area contributed by atoms with Crippen molar-refractivity contribution in [1.29, 1.82) is 0 Å². The van der Waals surface area contributed by atoms with Gasteiger partial charge in [0.25, 0.3) is 5.91 Å². The molecular weight excluding hydrogens is 341 g/mol. The van der Waals surface area contributed by atoms with E-state index in [1.807, 2.05) is 6.92 Å². The Morgan fingerprint density at radius 1 is 1.28 bits per heavy atom. The predicted molar refractivity (Wildman–Crippen MR) is 80.1 cm³/mol. The van der Waals surface area contributed by atoms with Crippen molar-refractivity contribution in [2.75, 3.05) is 6.54 Å².